The van der Waals surface area contributed by atoms with E-state index in [1.54, 1.807) is 51.1 Å². The molecule has 0 bridgehead atoms. The van der Waals surface area contributed by atoms with Gasteiger partial charge in [0.15, 0.2) is 6.23 Å². The van der Waals surface area contributed by atoms with Gasteiger partial charge >= 0.3 is 12.1 Å². The van der Waals surface area contributed by atoms with Gasteiger partial charge in [-0.1, -0.05) is 19.1 Å². The maximum atomic E-state index is 13.3. The Morgan fingerprint density at radius 2 is 1.97 bits per heavy atom. The maximum absolute atomic E-state index is 13.3. The van der Waals surface area contributed by atoms with E-state index in [0.717, 1.165) is 12.0 Å². The van der Waals surface area contributed by atoms with Crippen molar-refractivity contribution in [3.05, 3.63) is 58.9 Å². The molecule has 2 amide bonds. The number of benzene rings is 1. The van der Waals surface area contributed by atoms with E-state index in [9.17, 15) is 19.6 Å². The van der Waals surface area contributed by atoms with Crippen LogP contribution >= 0.6 is 0 Å². The first kappa shape index (κ1) is 26.9. The third-order valence-electron chi connectivity index (χ3n) is 5.52. The molecule has 2 aromatic rings. The molecule has 10 nitrogen and oxygen atoms in total. The second-order valence-corrected chi connectivity index (χ2v) is 9.52. The summed E-state index contributed by atoms with van der Waals surface area (Å²) in [5, 5.41) is 15.5. The first-order valence-electron chi connectivity index (χ1n) is 11.9. The standard InChI is InChI=1S/C26H33N3O7/c1-6-13-35-24-20-16-19(11-10-17(20)14-18(23(31)27-24)15-22(30)34-5)29(25(32)36-26(2,3)4)21-9-7-8-12-28(21)33/h7-12,16,18,24H,6,13-15H2,1-5H3,(H,27,31). The zero-order valence-electron chi connectivity index (χ0n) is 21.3. The number of amides is 2. The van der Waals surface area contributed by atoms with Crippen LogP contribution in [0.3, 0.4) is 0 Å². The predicted octanol–water partition coefficient (Wildman–Crippen LogP) is 3.67. The SMILES string of the molecule is CCCOC1NC(=O)C(CC(=O)OC)Cc2ccc(N(C(=O)OC(C)(C)C)c3cccc[n+]3[O-])cc21. The van der Waals surface area contributed by atoms with Crippen LogP contribution in [0.25, 0.3) is 0 Å². The van der Waals surface area contributed by atoms with Crippen molar-refractivity contribution in [1.82, 2.24) is 5.32 Å². The number of aromatic nitrogens is 1. The molecule has 0 fully saturated rings. The highest BCUT2D eigenvalue weighted by molar-refractivity contribution is 5.94. The van der Waals surface area contributed by atoms with Crippen LogP contribution in [0.15, 0.2) is 42.6 Å². The van der Waals surface area contributed by atoms with Gasteiger partial charge in [0, 0.05) is 18.2 Å². The Hall–Kier alpha value is -3.66. The predicted molar refractivity (Wildman–Crippen MR) is 131 cm³/mol. The van der Waals surface area contributed by atoms with Gasteiger partial charge in [0.2, 0.25) is 5.91 Å². The summed E-state index contributed by atoms with van der Waals surface area (Å²) in [7, 11) is 1.28. The average Bonchev–Trinajstić information content (AvgIpc) is 2.94. The van der Waals surface area contributed by atoms with Crippen molar-refractivity contribution in [3.63, 3.8) is 0 Å². The number of hydrogen-bond donors (Lipinski definition) is 1. The van der Waals surface area contributed by atoms with Gasteiger partial charge in [0.25, 0.3) is 5.82 Å². The fourth-order valence-corrected chi connectivity index (χ4v) is 3.88. The number of nitrogens with zero attached hydrogens (tertiary/aromatic N) is 2. The molecule has 0 saturated carbocycles. The molecule has 10 heteroatoms. The van der Waals surface area contributed by atoms with Gasteiger partial charge in [0.05, 0.1) is 25.6 Å². The normalized spacial score (nSPS) is 17.4. The Balaban J connectivity index is 2.10. The summed E-state index contributed by atoms with van der Waals surface area (Å²) in [6.07, 6.45) is 0.685. The summed E-state index contributed by atoms with van der Waals surface area (Å²) < 4.78 is 16.9. The molecule has 0 aliphatic carbocycles. The molecule has 0 saturated heterocycles. The fourth-order valence-electron chi connectivity index (χ4n) is 3.88. The molecule has 1 N–H and O–H groups in total. The Bertz CT molecular complexity index is 1110. The lowest BCUT2D eigenvalue weighted by atomic mass is 9.93. The van der Waals surface area contributed by atoms with Crippen molar-refractivity contribution in [2.75, 3.05) is 18.6 Å². The molecule has 2 atom stereocenters. The van der Waals surface area contributed by atoms with E-state index in [1.165, 1.54) is 24.3 Å². The zero-order chi connectivity index (χ0) is 26.5. The average molecular weight is 500 g/mol. The van der Waals surface area contributed by atoms with Crippen molar-refractivity contribution in [2.45, 2.75) is 58.8 Å². The van der Waals surface area contributed by atoms with Gasteiger partial charge in [-0.05, 0) is 57.4 Å². The van der Waals surface area contributed by atoms with Gasteiger partial charge in [-0.25, -0.2) is 4.73 Å². The smallest absolute Gasteiger partial charge is 0.513 e. The number of fused-ring (bicyclic) bond motifs is 1. The molecular formula is C26H33N3O7. The van der Waals surface area contributed by atoms with Gasteiger partial charge in [-0.2, -0.15) is 4.79 Å². The topological polar surface area (TPSA) is 121 Å². The van der Waals surface area contributed by atoms with Crippen molar-refractivity contribution in [3.8, 4) is 0 Å². The highest BCUT2D eigenvalue weighted by Gasteiger charge is 2.36. The quantitative estimate of drug-likeness (QED) is 0.350. The first-order chi connectivity index (χ1) is 17.0. The number of ether oxygens (including phenoxy) is 3. The van der Waals surface area contributed by atoms with Crippen LogP contribution < -0.4 is 14.9 Å². The molecule has 1 aliphatic rings. The number of anilines is 2. The minimum atomic E-state index is -0.800. The molecule has 194 valence electrons. The van der Waals surface area contributed by atoms with Crippen LogP contribution in [0.2, 0.25) is 0 Å². The van der Waals surface area contributed by atoms with E-state index < -0.39 is 29.8 Å². The van der Waals surface area contributed by atoms with Crippen LogP contribution in [-0.4, -0.2) is 37.3 Å². The zero-order valence-corrected chi connectivity index (χ0v) is 21.3. The minimum absolute atomic E-state index is 0.0546. The molecule has 2 unspecified atom stereocenters. The summed E-state index contributed by atoms with van der Waals surface area (Å²) in [5.41, 5.74) is 0.971. The maximum Gasteiger partial charge on any atom is 0.513 e. The summed E-state index contributed by atoms with van der Waals surface area (Å²) in [5.74, 6) is -1.40. The van der Waals surface area contributed by atoms with Gasteiger partial charge in [-0.3, -0.25) is 9.59 Å². The highest BCUT2D eigenvalue weighted by atomic mass is 16.6. The number of carbonyl (C=O) groups is 3. The number of nitrogens with one attached hydrogen (secondary N) is 1. The molecule has 0 radical (unpaired) electrons. The van der Waals surface area contributed by atoms with Gasteiger partial charge < -0.3 is 24.7 Å². The number of methoxy groups -OCH3 is 1. The molecular weight excluding hydrogens is 466 g/mol. The van der Waals surface area contributed by atoms with Gasteiger partial charge in [0.1, 0.15) is 11.3 Å². The third kappa shape index (κ3) is 6.51. The Labute approximate surface area is 210 Å². The molecule has 36 heavy (non-hydrogen) atoms. The Morgan fingerprint density at radius 3 is 2.61 bits per heavy atom. The first-order valence-corrected chi connectivity index (χ1v) is 11.9. The monoisotopic (exact) mass is 499 g/mol. The second-order valence-electron chi connectivity index (χ2n) is 9.52. The number of esters is 1. The minimum Gasteiger partial charge on any atom is -0.711 e. The number of pyridine rings is 1. The molecule has 1 aromatic carbocycles. The lowest BCUT2D eigenvalue weighted by Gasteiger charge is -2.25. The van der Waals surface area contributed by atoms with Crippen molar-refractivity contribution in [2.24, 2.45) is 5.92 Å². The van der Waals surface area contributed by atoms with Crippen LogP contribution in [0.4, 0.5) is 16.3 Å². The van der Waals surface area contributed by atoms with E-state index >= 15 is 0 Å². The number of rotatable bonds is 7. The summed E-state index contributed by atoms with van der Waals surface area (Å²) in [6, 6.07) is 9.88. The molecule has 0 spiro atoms. The van der Waals surface area contributed by atoms with E-state index in [4.69, 9.17) is 14.2 Å². The molecule has 2 heterocycles. The Morgan fingerprint density at radius 1 is 1.22 bits per heavy atom. The van der Waals surface area contributed by atoms with Gasteiger partial charge in [-0.15, -0.1) is 4.90 Å². The van der Waals surface area contributed by atoms with Crippen LogP contribution in [0.1, 0.15) is 57.9 Å². The van der Waals surface area contributed by atoms with Crippen LogP contribution in [0, 0.1) is 11.1 Å². The van der Waals surface area contributed by atoms with Crippen LogP contribution in [-0.2, 0) is 30.2 Å². The number of hydrogen-bond acceptors (Lipinski definition) is 7. The lowest BCUT2D eigenvalue weighted by molar-refractivity contribution is -0.591. The Kier molecular flexibility index (Phi) is 8.52. The van der Waals surface area contributed by atoms with E-state index in [-0.39, 0.29) is 24.6 Å². The van der Waals surface area contributed by atoms with Crippen molar-refractivity contribution >= 4 is 29.5 Å². The lowest BCUT2D eigenvalue weighted by Crippen LogP contribution is -2.41. The molecule has 1 aromatic heterocycles. The molecule has 3 rings (SSSR count). The summed E-state index contributed by atoms with van der Waals surface area (Å²) >= 11 is 0. The van der Waals surface area contributed by atoms with E-state index in [2.05, 4.69) is 5.32 Å². The van der Waals surface area contributed by atoms with Crippen molar-refractivity contribution < 1.29 is 33.3 Å². The largest absolute Gasteiger partial charge is 0.711 e. The van der Waals surface area contributed by atoms with E-state index in [1.807, 2.05) is 6.92 Å². The summed E-state index contributed by atoms with van der Waals surface area (Å²) in [4.78, 5) is 39.3. The second kappa shape index (κ2) is 11.4. The number of carbonyl (C=O) groups excluding carboxylic acids is 3. The molecule has 1 aliphatic heterocycles. The third-order valence-corrected chi connectivity index (χ3v) is 5.52. The summed E-state index contributed by atoms with van der Waals surface area (Å²) in [6.45, 7) is 7.54. The van der Waals surface area contributed by atoms with E-state index in [0.29, 0.717) is 22.6 Å². The fraction of sp³-hybridized carbons (Fsp3) is 0.462. The van der Waals surface area contributed by atoms with Crippen LogP contribution in [0.5, 0.6) is 0 Å². The van der Waals surface area contributed by atoms with Crippen molar-refractivity contribution in [1.29, 1.82) is 0 Å². The highest BCUT2D eigenvalue weighted by Crippen LogP contribution is 2.34.